The van der Waals surface area contributed by atoms with Gasteiger partial charge in [0.05, 0.1) is 23.1 Å². The first-order chi connectivity index (χ1) is 30.6. The second-order valence-electron chi connectivity index (χ2n) is 18.2. The molecule has 10 rings (SSSR count). The summed E-state index contributed by atoms with van der Waals surface area (Å²) in [6.45, 7) is 12.6. The zero-order valence-electron chi connectivity index (χ0n) is 37.1. The van der Waals surface area contributed by atoms with Gasteiger partial charge in [-0.1, -0.05) is 18.1 Å². The Hall–Kier alpha value is -5.96. The Morgan fingerprint density at radius 1 is 1.00 bits per heavy atom. The molecule has 3 aliphatic heterocycles. The summed E-state index contributed by atoms with van der Waals surface area (Å²) in [5.74, 6) is 0.789. The van der Waals surface area contributed by atoms with Gasteiger partial charge in [0.2, 0.25) is 0 Å². The van der Waals surface area contributed by atoms with Gasteiger partial charge in [0.1, 0.15) is 30.0 Å². The molecule has 4 atom stereocenters. The summed E-state index contributed by atoms with van der Waals surface area (Å²) >= 11 is 0. The van der Waals surface area contributed by atoms with Crippen LogP contribution in [0.1, 0.15) is 83.5 Å². The highest BCUT2D eigenvalue weighted by molar-refractivity contribution is 7.70. The Morgan fingerprint density at radius 2 is 1.72 bits per heavy atom. The van der Waals surface area contributed by atoms with E-state index in [1.807, 2.05) is 24.0 Å². The largest absolute Gasteiger partial charge is 0.387 e. The van der Waals surface area contributed by atoms with Crippen LogP contribution >= 0.6 is 7.14 Å². The van der Waals surface area contributed by atoms with Crippen LogP contribution in [0.3, 0.4) is 0 Å². The van der Waals surface area contributed by atoms with Crippen molar-refractivity contribution in [1.82, 2.24) is 33.7 Å². The molecule has 6 heterocycles. The number of benzene rings is 3. The molecule has 1 saturated heterocycles. The number of oxime groups is 1. The van der Waals surface area contributed by atoms with Crippen molar-refractivity contribution in [2.45, 2.75) is 77.3 Å². The Balaban J connectivity index is 1.11. The highest BCUT2D eigenvalue weighted by atomic mass is 31.2. The number of aliphatic hydroxyl groups is 1. The molecule has 1 saturated carbocycles. The average Bonchev–Trinajstić information content (AvgIpc) is 3.77. The second kappa shape index (κ2) is 15.3. The fraction of sp³-hybridized carbons (Fsp3) is 0.404. The fourth-order valence-corrected chi connectivity index (χ4v) is 11.5. The Morgan fingerprint density at radius 3 is 2.38 bits per heavy atom. The van der Waals surface area contributed by atoms with Gasteiger partial charge < -0.3 is 39.3 Å². The summed E-state index contributed by atoms with van der Waals surface area (Å²) in [5, 5.41) is 27.5. The molecule has 4 unspecified atom stereocenters. The monoisotopic (exact) mass is 889 g/mol. The molecule has 1 aliphatic carbocycles. The van der Waals surface area contributed by atoms with Gasteiger partial charge in [-0.15, -0.1) is 0 Å². The predicted octanol–water partition coefficient (Wildman–Crippen LogP) is 6.41. The van der Waals surface area contributed by atoms with Gasteiger partial charge in [0, 0.05) is 73.1 Å². The van der Waals surface area contributed by atoms with Crippen molar-refractivity contribution in [3.05, 3.63) is 117 Å². The minimum Gasteiger partial charge on any atom is -0.387 e. The van der Waals surface area contributed by atoms with Gasteiger partial charge in [-0.25, -0.2) is 13.9 Å². The van der Waals surface area contributed by atoms with E-state index < -0.39 is 25.1 Å². The molecule has 3 aromatic heterocycles. The standard InChI is InChI=1S/C47H53FN9O6P/c1-26-20-34(21-27(2)41(26)48)57-42(55-17-16-54(46(55)60)33-9-11-39(64(6,7)61)36(24-33)49-5)40-29(4)53(15-12-35(40)51-57)43(58)38-23-32-22-31(30-13-18-62-19-14-30)8-10-37(32)56(38)47(25-28(47)3)44-50-45(59)63-52-44/h8-11,16-17,20-24,28-30,45,49,59H,12-15,18-19,25H2,1-7H3,(H,50,52). The van der Waals surface area contributed by atoms with Gasteiger partial charge in [0.15, 0.2) is 5.84 Å². The van der Waals surface area contributed by atoms with Crippen molar-refractivity contribution in [2.24, 2.45) is 11.1 Å². The van der Waals surface area contributed by atoms with Crippen molar-refractivity contribution in [3.63, 3.8) is 0 Å². The summed E-state index contributed by atoms with van der Waals surface area (Å²) in [5.41, 5.74) is 5.48. The van der Waals surface area contributed by atoms with Gasteiger partial charge in [0.25, 0.3) is 5.91 Å². The smallest absolute Gasteiger partial charge is 0.338 e. The highest BCUT2D eigenvalue weighted by Crippen LogP contribution is 2.54. The number of hydrogen-bond acceptors (Lipinski definition) is 10. The summed E-state index contributed by atoms with van der Waals surface area (Å²) in [7, 11) is -0.877. The third-order valence-electron chi connectivity index (χ3n) is 13.8. The first-order valence-corrected chi connectivity index (χ1v) is 24.5. The number of nitrogens with zero attached hydrogens (tertiary/aromatic N) is 7. The van der Waals surface area contributed by atoms with Crippen molar-refractivity contribution in [3.8, 4) is 17.2 Å². The molecule has 334 valence electrons. The van der Waals surface area contributed by atoms with Crippen LogP contribution in [0.5, 0.6) is 0 Å². The summed E-state index contributed by atoms with van der Waals surface area (Å²) < 4.78 is 40.7. The number of aliphatic hydroxyl groups excluding tert-OH is 1. The predicted molar refractivity (Wildman–Crippen MR) is 244 cm³/mol. The summed E-state index contributed by atoms with van der Waals surface area (Å²) in [6.07, 6.45) is 4.98. The number of aromatic nitrogens is 5. The van der Waals surface area contributed by atoms with Crippen molar-refractivity contribution in [2.75, 3.05) is 45.5 Å². The van der Waals surface area contributed by atoms with E-state index in [1.165, 1.54) is 14.7 Å². The second-order valence-corrected chi connectivity index (χ2v) is 21.4. The van der Waals surface area contributed by atoms with E-state index in [-0.39, 0.29) is 23.3 Å². The zero-order chi connectivity index (χ0) is 45.0. The molecular weight excluding hydrogens is 837 g/mol. The lowest BCUT2D eigenvalue weighted by atomic mass is 9.91. The molecule has 4 aliphatic rings. The molecule has 0 spiro atoms. The van der Waals surface area contributed by atoms with E-state index in [9.17, 15) is 14.5 Å². The number of carbonyl (C=O) groups is 1. The van der Waals surface area contributed by atoms with Crippen LogP contribution in [0.15, 0.2) is 76.9 Å². The van der Waals surface area contributed by atoms with Crippen LogP contribution in [-0.4, -0.2) is 91.8 Å². The third-order valence-corrected chi connectivity index (χ3v) is 15.4. The van der Waals surface area contributed by atoms with E-state index in [0.29, 0.717) is 94.9 Å². The van der Waals surface area contributed by atoms with Crippen LogP contribution in [0.25, 0.3) is 28.1 Å². The van der Waals surface area contributed by atoms with Gasteiger partial charge in [-0.3, -0.25) is 13.9 Å². The molecular formula is C47H53FN9O6P. The number of aryl methyl sites for hydroxylation is 2. The van der Waals surface area contributed by atoms with Crippen LogP contribution < -0.4 is 21.6 Å². The van der Waals surface area contributed by atoms with Crippen molar-refractivity contribution >= 4 is 40.8 Å². The number of ether oxygens (including phenoxy) is 1. The van der Waals surface area contributed by atoms with Crippen LogP contribution in [-0.2, 0) is 26.1 Å². The Labute approximate surface area is 369 Å². The molecule has 3 aromatic carbocycles. The Kier molecular flexibility index (Phi) is 10.1. The molecule has 17 heteroatoms. The minimum absolute atomic E-state index is 0.0626. The maximum Gasteiger partial charge on any atom is 0.338 e. The van der Waals surface area contributed by atoms with Crippen molar-refractivity contribution < 1.29 is 28.4 Å². The maximum absolute atomic E-state index is 15.5. The summed E-state index contributed by atoms with van der Waals surface area (Å²) in [4.78, 5) is 37.3. The molecule has 64 heavy (non-hydrogen) atoms. The van der Waals surface area contributed by atoms with Gasteiger partial charge in [-0.2, -0.15) is 5.10 Å². The van der Waals surface area contributed by atoms with E-state index in [2.05, 4.69) is 45.5 Å². The molecule has 2 fully saturated rings. The molecule has 0 bridgehead atoms. The number of anilines is 1. The zero-order valence-corrected chi connectivity index (χ0v) is 37.9. The lowest BCUT2D eigenvalue weighted by molar-refractivity contribution is -0.0896. The number of fused-ring (bicyclic) bond motifs is 2. The topological polar surface area (TPSA) is 162 Å². The van der Waals surface area contributed by atoms with E-state index in [4.69, 9.17) is 14.7 Å². The number of halogens is 1. The number of imidazole rings is 1. The van der Waals surface area contributed by atoms with E-state index in [1.54, 1.807) is 75.6 Å². The molecule has 15 nitrogen and oxygen atoms in total. The quantitative estimate of drug-likeness (QED) is 0.139. The number of rotatable bonds is 9. The van der Waals surface area contributed by atoms with Crippen LogP contribution in [0.4, 0.5) is 10.1 Å². The maximum atomic E-state index is 15.5. The number of amidine groups is 1. The lowest BCUT2D eigenvalue weighted by Crippen LogP contribution is -2.44. The minimum atomic E-state index is -2.63. The number of nitrogens with one attached hydrogen (secondary N) is 2. The van der Waals surface area contributed by atoms with Gasteiger partial charge >= 0.3 is 12.1 Å². The van der Waals surface area contributed by atoms with E-state index in [0.717, 1.165) is 29.4 Å². The summed E-state index contributed by atoms with van der Waals surface area (Å²) in [6, 6.07) is 16.6. The molecule has 1 amide bonds. The normalized spacial score (nSPS) is 22.3. The number of amides is 1. The molecule has 3 N–H and O–H groups in total. The first-order valence-electron chi connectivity index (χ1n) is 21.9. The number of carbonyl (C=O) groups excluding carboxylic acids is 1. The van der Waals surface area contributed by atoms with E-state index >= 15 is 9.18 Å². The molecule has 0 radical (unpaired) electrons. The lowest BCUT2D eigenvalue weighted by Gasteiger charge is -2.34. The van der Waals surface area contributed by atoms with Gasteiger partial charge in [-0.05, 0) is 130 Å². The highest BCUT2D eigenvalue weighted by Gasteiger charge is 2.61. The Bertz CT molecular complexity index is 3000. The third kappa shape index (κ3) is 6.63. The van der Waals surface area contributed by atoms with Crippen molar-refractivity contribution in [1.29, 1.82) is 0 Å². The van der Waals surface area contributed by atoms with Crippen LogP contribution in [0, 0.1) is 25.6 Å². The first kappa shape index (κ1) is 42.0. The SMILES string of the molecule is CNc1cc(-n2ccn(-c3c4c(nn3-c3cc(C)c(F)c(C)c3)CCN(C(=O)c3cc5cc(C6CCOCC6)ccc5n3C3(C5=NOC(O)N5)CC3C)C4C)c2=O)ccc1P(C)(C)=O. The molecule has 6 aromatic rings. The average molecular weight is 890 g/mol. The number of hydrogen-bond donors (Lipinski definition) is 3. The van der Waals surface area contributed by atoms with Crippen LogP contribution in [0.2, 0.25) is 0 Å². The fourth-order valence-electron chi connectivity index (χ4n) is 10.4.